The first-order chi connectivity index (χ1) is 38.9. The Balaban J connectivity index is 0.835. The van der Waals surface area contributed by atoms with E-state index in [9.17, 15) is 40.3 Å². The molecular weight excluding hydrogens is 1090 g/mol. The van der Waals surface area contributed by atoms with Gasteiger partial charge in [-0.1, -0.05) is 100 Å². The Morgan fingerprint density at radius 1 is 0.829 bits per heavy atom. The maximum Gasteiger partial charge on any atom is 0.340 e. The molecule has 0 radical (unpaired) electrons. The summed E-state index contributed by atoms with van der Waals surface area (Å²) in [6.07, 6.45) is 9.03. The van der Waals surface area contributed by atoms with Crippen LogP contribution < -0.4 is 36.3 Å². The van der Waals surface area contributed by atoms with Crippen LogP contribution >= 0.6 is 0 Å². The van der Waals surface area contributed by atoms with Crippen LogP contribution in [-0.2, 0) is 40.8 Å². The smallest absolute Gasteiger partial charge is 0.340 e. The Bertz CT molecular complexity index is 3560. The number of ether oxygens (including phenoxy) is 4. The lowest BCUT2D eigenvalue weighted by Crippen LogP contribution is -2.52. The maximum absolute atomic E-state index is 13.8. The van der Waals surface area contributed by atoms with E-state index in [4.69, 9.17) is 35.9 Å². The third kappa shape index (κ3) is 10.8. The Morgan fingerprint density at radius 2 is 1.44 bits per heavy atom. The third-order valence-corrected chi connectivity index (χ3v) is 19.2. The number of azide groups is 1. The van der Waals surface area contributed by atoms with E-state index >= 15 is 0 Å². The number of allylic oxidation sites excluding steroid dienone is 1. The zero-order chi connectivity index (χ0) is 59.1. The largest absolute Gasteiger partial charge is 0.496 e. The lowest BCUT2D eigenvalue weighted by molar-refractivity contribution is -0.121. The number of amides is 2. The van der Waals surface area contributed by atoms with Crippen molar-refractivity contribution in [1.82, 2.24) is 10.6 Å². The van der Waals surface area contributed by atoms with E-state index in [1.807, 2.05) is 6.07 Å². The summed E-state index contributed by atoms with van der Waals surface area (Å²) in [6, 6.07) is 23.9. The molecule has 2 aliphatic heterocycles. The number of rotatable bonds is 23. The number of hydrogen-bond donors (Lipinski definition) is 6. The second-order valence-electron chi connectivity index (χ2n) is 22.7. The molecule has 0 saturated heterocycles. The second kappa shape index (κ2) is 23.0. The van der Waals surface area contributed by atoms with Crippen molar-refractivity contribution in [3.63, 3.8) is 0 Å². The zero-order valence-corrected chi connectivity index (χ0v) is 48.3. The van der Waals surface area contributed by atoms with E-state index in [2.05, 4.69) is 90.8 Å². The Morgan fingerprint density at radius 3 is 2.02 bits per heavy atom. The number of benzene rings is 5. The van der Waals surface area contributed by atoms with Gasteiger partial charge in [0.05, 0.1) is 31.2 Å². The van der Waals surface area contributed by atoms with Gasteiger partial charge in [-0.3, -0.25) is 18.7 Å². The van der Waals surface area contributed by atoms with Crippen molar-refractivity contribution in [2.75, 3.05) is 45.3 Å². The van der Waals surface area contributed by atoms with Crippen LogP contribution in [0.5, 0.6) is 23.0 Å². The number of nitrogens with zero attached hydrogens (tertiary/aromatic N) is 3. The molecule has 1 fully saturated rings. The van der Waals surface area contributed by atoms with E-state index in [1.165, 1.54) is 41.5 Å². The molecule has 82 heavy (non-hydrogen) atoms. The molecule has 5 aromatic carbocycles. The van der Waals surface area contributed by atoms with E-state index < -0.39 is 70.4 Å². The van der Waals surface area contributed by atoms with E-state index in [0.29, 0.717) is 44.2 Å². The second-order valence-corrected chi connectivity index (χ2v) is 25.4. The first kappa shape index (κ1) is 59.0. The summed E-state index contributed by atoms with van der Waals surface area (Å²) in [5.41, 5.74) is 21.5. The number of unbranched alkanes of at least 4 members (excludes halogenated alkanes) is 4. The number of carbonyl (C=O) groups is 3. The van der Waals surface area contributed by atoms with Crippen molar-refractivity contribution in [1.29, 1.82) is 0 Å². The first-order valence-corrected chi connectivity index (χ1v) is 30.2. The van der Waals surface area contributed by atoms with Gasteiger partial charge in [-0.25, -0.2) is 4.79 Å². The minimum absolute atomic E-state index is 0.0109. The van der Waals surface area contributed by atoms with Crippen molar-refractivity contribution in [2.45, 2.75) is 118 Å². The minimum atomic E-state index is -5.17. The fourth-order valence-electron chi connectivity index (χ4n) is 13.0. The molecule has 8 N–H and O–H groups in total. The molecule has 1 spiro atoms. The SMILES string of the molecule is COc1cc(C(C)(C)[C@H](CCCCCN=[N+]=[N-])c2ccccc2)cc(OC)c1[C@H]1C=C(CNC(=O)CCCCCNC(=O)c2ccc3c(c2)C(=O)OC32c3ccc(N)c(S(=O)(=O)O)c3Oc3c2ccc(N)c3S(=O)(=O)O)[C@H]2C[C@@H]1C2(C)C. The molecule has 10 rings (SSSR count). The van der Waals surface area contributed by atoms with Gasteiger partial charge in [-0.2, -0.15) is 16.8 Å². The number of carbonyl (C=O) groups excluding carboxylic acids is 3. The summed E-state index contributed by atoms with van der Waals surface area (Å²) in [6.45, 7) is 10.3. The molecule has 2 amide bonds. The molecule has 20 nitrogen and oxygen atoms in total. The summed E-state index contributed by atoms with van der Waals surface area (Å²) in [5, 5.41) is 9.74. The van der Waals surface area contributed by atoms with Crippen molar-refractivity contribution < 1.29 is 59.3 Å². The number of nitrogens with one attached hydrogen (secondary N) is 2. The Kier molecular flexibility index (Phi) is 16.5. The van der Waals surface area contributed by atoms with E-state index in [0.717, 1.165) is 66.9 Å². The number of nitrogen functional groups attached to an aromatic ring is 2. The fourth-order valence-corrected chi connectivity index (χ4v) is 14.5. The summed E-state index contributed by atoms with van der Waals surface area (Å²) in [7, 11) is -6.92. The van der Waals surface area contributed by atoms with Gasteiger partial charge >= 0.3 is 5.97 Å². The summed E-state index contributed by atoms with van der Waals surface area (Å²) in [5.74, 6) is -0.591. The predicted octanol–water partition coefficient (Wildman–Crippen LogP) is 10.7. The molecular formula is C60H69N7O13S2. The zero-order valence-electron chi connectivity index (χ0n) is 46.7. The van der Waals surface area contributed by atoms with Gasteiger partial charge in [-0.05, 0) is 126 Å². The van der Waals surface area contributed by atoms with Crippen molar-refractivity contribution in [2.24, 2.45) is 22.4 Å². The summed E-state index contributed by atoms with van der Waals surface area (Å²) >= 11 is 0. The highest BCUT2D eigenvalue weighted by Gasteiger charge is 2.58. The van der Waals surface area contributed by atoms with Gasteiger partial charge in [-0.15, -0.1) is 0 Å². The molecule has 2 heterocycles. The topological polar surface area (TPSA) is 322 Å². The van der Waals surface area contributed by atoms with E-state index in [1.54, 1.807) is 14.2 Å². The monoisotopic (exact) mass is 1160 g/mol. The number of nitrogens with two attached hydrogens (primary N) is 2. The van der Waals surface area contributed by atoms with Crippen LogP contribution in [0.3, 0.4) is 0 Å². The number of esters is 1. The predicted molar refractivity (Wildman–Crippen MR) is 307 cm³/mol. The van der Waals surface area contributed by atoms with Gasteiger partial charge in [0.25, 0.3) is 26.1 Å². The van der Waals surface area contributed by atoms with Crippen LogP contribution in [0.1, 0.15) is 151 Å². The lowest BCUT2D eigenvalue weighted by atomic mass is 9.45. The molecule has 1 saturated carbocycles. The molecule has 5 aliphatic rings. The van der Waals surface area contributed by atoms with Crippen molar-refractivity contribution in [3.05, 3.63) is 152 Å². The minimum Gasteiger partial charge on any atom is -0.496 e. The number of methoxy groups -OCH3 is 2. The third-order valence-electron chi connectivity index (χ3n) is 17.4. The maximum atomic E-state index is 13.8. The molecule has 3 aliphatic carbocycles. The van der Waals surface area contributed by atoms with Crippen molar-refractivity contribution in [3.8, 4) is 23.0 Å². The summed E-state index contributed by atoms with van der Waals surface area (Å²) < 4.78 is 95.6. The van der Waals surface area contributed by atoms with Crippen molar-refractivity contribution >= 4 is 49.4 Å². The number of anilines is 2. The van der Waals surface area contributed by atoms with Gasteiger partial charge in [0.15, 0.2) is 26.9 Å². The molecule has 2 bridgehead atoms. The van der Waals surface area contributed by atoms with Crippen LogP contribution in [0.25, 0.3) is 10.4 Å². The van der Waals surface area contributed by atoms with Crippen LogP contribution in [0.15, 0.2) is 111 Å². The number of hydrogen-bond acceptors (Lipinski definition) is 14. The van der Waals surface area contributed by atoms with Crippen LogP contribution in [0.4, 0.5) is 11.4 Å². The standard InChI is InChI=1S/C60H69N7O13S2/c1-58(2,40(34-16-10-7-11-17-34)18-12-8-15-27-66-67-63)37-30-48(77-5)51(49(31-37)78-6)38-29-36(44-32-45(38)59(44,3)4)33-65-50(68)19-13-9-14-26-64-56(69)35-20-21-41-39(28-35)57(70)80-60(41)42-22-24-46(61)54(81(71,72)73)52(42)79-53-43(60)23-25-47(62)55(53)82(74,75)76/h7,10-11,16-17,20-25,28-31,38,40,44-45H,8-9,12-15,18-19,26-27,32-33,61-62H2,1-6H3,(H,64,69)(H,65,68)(H,71,72,73)(H,74,75,76)/t38-,40+,44+,45-/m0/s1. The lowest BCUT2D eigenvalue weighted by Gasteiger charge is -2.59. The highest BCUT2D eigenvalue weighted by molar-refractivity contribution is 7.86. The summed E-state index contributed by atoms with van der Waals surface area (Å²) in [4.78, 5) is 41.7. The molecule has 22 heteroatoms. The molecule has 5 aromatic rings. The number of fused-ring (bicyclic) bond motifs is 7. The van der Waals surface area contributed by atoms with Gasteiger partial charge in [0, 0.05) is 64.7 Å². The van der Waals surface area contributed by atoms with Crippen LogP contribution in [0.2, 0.25) is 0 Å². The highest BCUT2D eigenvalue weighted by atomic mass is 32.2. The Hall–Kier alpha value is -7.62. The normalized spacial score (nSPS) is 18.5. The van der Waals surface area contributed by atoms with E-state index in [-0.39, 0.29) is 69.4 Å². The van der Waals surface area contributed by atoms with Gasteiger partial charge < -0.3 is 41.0 Å². The molecule has 434 valence electrons. The first-order valence-electron chi connectivity index (χ1n) is 27.3. The highest BCUT2D eigenvalue weighted by Crippen LogP contribution is 2.65. The van der Waals surface area contributed by atoms with Crippen LogP contribution in [0, 0.1) is 17.3 Å². The average molecular weight is 1160 g/mol. The fraction of sp³-hybridized carbons (Fsp3) is 0.417. The van der Waals surface area contributed by atoms with Gasteiger partial charge in [0.2, 0.25) is 5.91 Å². The molecule has 0 aromatic heterocycles. The molecule has 4 atom stereocenters. The average Bonchev–Trinajstić information content (AvgIpc) is 2.51. The van der Waals surface area contributed by atoms with Crippen LogP contribution in [-0.4, -0.2) is 77.6 Å². The quantitative estimate of drug-likeness (QED) is 0.00518. The van der Waals surface area contributed by atoms with Gasteiger partial charge in [0.1, 0.15) is 11.5 Å². The Labute approximate surface area is 477 Å². The molecule has 0 unspecified atom stereocenters.